The fraction of sp³-hybridized carbons (Fsp3) is 0.379. The Morgan fingerprint density at radius 3 is 2.31 bits per heavy atom. The first-order valence-corrected chi connectivity index (χ1v) is 13.0. The van der Waals surface area contributed by atoms with Crippen LogP contribution >= 0.6 is 11.6 Å². The predicted molar refractivity (Wildman–Crippen MR) is 145 cm³/mol. The molecule has 39 heavy (non-hydrogen) atoms. The summed E-state index contributed by atoms with van der Waals surface area (Å²) >= 11 is 6.27. The van der Waals surface area contributed by atoms with E-state index in [1.54, 1.807) is 26.0 Å². The molecule has 2 aromatic rings. The minimum absolute atomic E-state index is 0.000472. The molecule has 3 rings (SSSR count). The maximum atomic E-state index is 13.9. The maximum Gasteiger partial charge on any atom is 0.257 e. The second-order valence-corrected chi connectivity index (χ2v) is 10.1. The largest absolute Gasteiger partial charge is 0.496 e. The molecule has 1 fully saturated rings. The van der Waals surface area contributed by atoms with E-state index in [0.29, 0.717) is 11.8 Å². The van der Waals surface area contributed by atoms with E-state index in [9.17, 15) is 23.2 Å². The zero-order valence-electron chi connectivity index (χ0n) is 22.2. The molecule has 0 atom stereocenters. The van der Waals surface area contributed by atoms with Crippen LogP contribution in [0.4, 0.5) is 8.78 Å². The first kappa shape index (κ1) is 30.0. The summed E-state index contributed by atoms with van der Waals surface area (Å²) in [4.78, 5) is 39.9. The van der Waals surface area contributed by atoms with Gasteiger partial charge in [-0.2, -0.15) is 0 Å². The minimum atomic E-state index is -0.821. The smallest absolute Gasteiger partial charge is 0.257 e. The second-order valence-electron chi connectivity index (χ2n) is 9.67. The number of ketones is 2. The molecule has 0 saturated heterocycles. The summed E-state index contributed by atoms with van der Waals surface area (Å²) in [7, 11) is 1.38. The summed E-state index contributed by atoms with van der Waals surface area (Å²) in [5.74, 6) is -2.43. The molecule has 208 valence electrons. The van der Waals surface area contributed by atoms with Gasteiger partial charge in [0.25, 0.3) is 5.91 Å². The van der Waals surface area contributed by atoms with Crippen LogP contribution in [0.2, 0.25) is 5.02 Å². The van der Waals surface area contributed by atoms with Crippen molar-refractivity contribution in [2.75, 3.05) is 13.7 Å². The molecule has 10 heteroatoms. The molecule has 1 aliphatic carbocycles. The van der Waals surface area contributed by atoms with Gasteiger partial charge in [0, 0.05) is 36.5 Å². The molecular formula is C29H32ClF2N3O4. The van der Waals surface area contributed by atoms with E-state index >= 15 is 0 Å². The van der Waals surface area contributed by atoms with Gasteiger partial charge >= 0.3 is 0 Å². The topological polar surface area (TPSA) is 99.6 Å². The number of amides is 1. The Hall–Kier alpha value is -3.59. The minimum Gasteiger partial charge on any atom is -0.496 e. The Morgan fingerprint density at radius 2 is 1.74 bits per heavy atom. The number of methoxy groups -OCH3 is 1. The number of allylic oxidation sites excluding steroid dienone is 1. The van der Waals surface area contributed by atoms with Gasteiger partial charge in [0.1, 0.15) is 23.2 Å². The van der Waals surface area contributed by atoms with Gasteiger partial charge in [0.15, 0.2) is 5.78 Å². The number of ether oxygens (including phenoxy) is 1. The zero-order chi connectivity index (χ0) is 28.7. The van der Waals surface area contributed by atoms with Crippen molar-refractivity contribution in [3.05, 3.63) is 75.5 Å². The highest BCUT2D eigenvalue weighted by molar-refractivity contribution is 6.34. The Morgan fingerprint density at radius 1 is 1.10 bits per heavy atom. The lowest BCUT2D eigenvalue weighted by molar-refractivity contribution is -0.126. The van der Waals surface area contributed by atoms with Gasteiger partial charge in [-0.15, -0.1) is 0 Å². The normalized spacial score (nSPS) is 17.6. The molecular weight excluding hydrogens is 528 g/mol. The van der Waals surface area contributed by atoms with Crippen LogP contribution in [0.1, 0.15) is 55.5 Å². The van der Waals surface area contributed by atoms with Crippen molar-refractivity contribution in [2.45, 2.75) is 52.1 Å². The summed E-state index contributed by atoms with van der Waals surface area (Å²) < 4.78 is 33.1. The third kappa shape index (κ3) is 7.72. The van der Waals surface area contributed by atoms with Gasteiger partial charge in [0.2, 0.25) is 0 Å². The molecule has 0 spiro atoms. The molecule has 1 saturated carbocycles. The molecule has 0 aliphatic heterocycles. The molecule has 7 nitrogen and oxygen atoms in total. The van der Waals surface area contributed by atoms with Crippen LogP contribution in [0.25, 0.3) is 0 Å². The zero-order valence-corrected chi connectivity index (χ0v) is 22.9. The van der Waals surface area contributed by atoms with Crippen molar-refractivity contribution in [3.8, 4) is 5.75 Å². The third-order valence-electron chi connectivity index (χ3n) is 6.89. The Kier molecular flexibility index (Phi) is 10.3. The van der Waals surface area contributed by atoms with Crippen LogP contribution < -0.4 is 10.1 Å². The first-order chi connectivity index (χ1) is 18.5. The van der Waals surface area contributed by atoms with Crippen molar-refractivity contribution in [1.29, 1.82) is 5.41 Å². The number of nitrogens with zero attached hydrogens (tertiary/aromatic N) is 1. The van der Waals surface area contributed by atoms with E-state index in [0.717, 1.165) is 48.9 Å². The summed E-state index contributed by atoms with van der Waals surface area (Å²) in [6.07, 6.45) is 3.83. The van der Waals surface area contributed by atoms with Gasteiger partial charge in [-0.3, -0.25) is 14.4 Å². The quantitative estimate of drug-likeness (QED) is 0.215. The van der Waals surface area contributed by atoms with E-state index in [1.807, 2.05) is 0 Å². The van der Waals surface area contributed by atoms with Crippen molar-refractivity contribution in [1.82, 2.24) is 10.2 Å². The lowest BCUT2D eigenvalue weighted by Crippen LogP contribution is -2.39. The van der Waals surface area contributed by atoms with Crippen LogP contribution in [0.15, 0.2) is 47.7 Å². The number of Topliss-reactive ketones (excluding diaryl/α,β-unsaturated/α-hetero) is 2. The highest BCUT2D eigenvalue weighted by Crippen LogP contribution is 2.28. The van der Waals surface area contributed by atoms with Crippen molar-refractivity contribution < 1.29 is 27.9 Å². The monoisotopic (exact) mass is 559 g/mol. The second kappa shape index (κ2) is 13.5. The van der Waals surface area contributed by atoms with Crippen molar-refractivity contribution >= 4 is 35.3 Å². The average Bonchev–Trinajstić information content (AvgIpc) is 2.88. The number of benzene rings is 2. The Balaban J connectivity index is 1.91. The molecule has 0 heterocycles. The molecule has 0 aromatic heterocycles. The van der Waals surface area contributed by atoms with Crippen LogP contribution in [-0.2, 0) is 16.1 Å². The molecule has 2 aromatic carbocycles. The van der Waals surface area contributed by atoms with Gasteiger partial charge in [-0.25, -0.2) is 8.78 Å². The maximum absolute atomic E-state index is 13.9. The fourth-order valence-corrected chi connectivity index (χ4v) is 5.12. The van der Waals surface area contributed by atoms with E-state index in [1.165, 1.54) is 13.2 Å². The summed E-state index contributed by atoms with van der Waals surface area (Å²) in [6, 6.07) is 7.59. The Labute approximate surface area is 231 Å². The Bertz CT molecular complexity index is 1270. The molecule has 0 radical (unpaired) electrons. The number of hydrogen-bond acceptors (Lipinski definition) is 6. The molecule has 2 N–H and O–H groups in total. The number of nitrogens with one attached hydrogen (secondary N) is 2. The average molecular weight is 560 g/mol. The SMILES string of the molecule is COc1cccc(Cl)c1C(=O)CN(Cc1cc(F)cc(F)c1)C(=O)/C(C=N)=C(\C)N[C@H]1CC[C@H](C(C)=O)CC1. The highest BCUT2D eigenvalue weighted by Gasteiger charge is 2.28. The van der Waals surface area contributed by atoms with Crippen LogP contribution in [0, 0.1) is 23.0 Å². The van der Waals surface area contributed by atoms with E-state index in [2.05, 4.69) is 5.32 Å². The first-order valence-electron chi connectivity index (χ1n) is 12.6. The highest BCUT2D eigenvalue weighted by atomic mass is 35.5. The molecule has 1 aliphatic rings. The van der Waals surface area contributed by atoms with Gasteiger partial charge in [-0.05, 0) is 69.4 Å². The number of carbonyl (C=O) groups excluding carboxylic acids is 3. The number of hydrogen-bond donors (Lipinski definition) is 2. The number of halogens is 3. The van der Waals surface area contributed by atoms with Crippen molar-refractivity contribution in [3.63, 3.8) is 0 Å². The van der Waals surface area contributed by atoms with Gasteiger partial charge in [-0.1, -0.05) is 17.7 Å². The lowest BCUT2D eigenvalue weighted by Gasteiger charge is -2.30. The van der Waals surface area contributed by atoms with Crippen LogP contribution in [0.3, 0.4) is 0 Å². The fourth-order valence-electron chi connectivity index (χ4n) is 4.85. The van der Waals surface area contributed by atoms with Gasteiger partial charge < -0.3 is 20.4 Å². The van der Waals surface area contributed by atoms with Gasteiger partial charge in [0.05, 0.1) is 29.8 Å². The third-order valence-corrected chi connectivity index (χ3v) is 7.21. The summed E-state index contributed by atoms with van der Waals surface area (Å²) in [6.45, 7) is 2.48. The number of rotatable bonds is 11. The van der Waals surface area contributed by atoms with E-state index in [-0.39, 0.29) is 51.8 Å². The molecule has 0 unspecified atom stereocenters. The van der Waals surface area contributed by atoms with E-state index < -0.39 is 29.9 Å². The van der Waals surface area contributed by atoms with Crippen molar-refractivity contribution in [2.24, 2.45) is 5.92 Å². The summed E-state index contributed by atoms with van der Waals surface area (Å²) in [5.41, 5.74) is 0.638. The lowest BCUT2D eigenvalue weighted by atomic mass is 9.84. The van der Waals surface area contributed by atoms with E-state index in [4.69, 9.17) is 21.7 Å². The van der Waals surface area contributed by atoms with Crippen LogP contribution in [-0.4, -0.2) is 48.3 Å². The van der Waals surface area contributed by atoms with Crippen LogP contribution in [0.5, 0.6) is 5.75 Å². The number of carbonyl (C=O) groups is 3. The standard InChI is InChI=1S/C29H32ClF2N3O4/c1-17(34-23-9-7-20(8-10-23)18(2)36)24(14-33)29(38)35(15-19-11-21(31)13-22(32)12-19)16-26(37)28-25(30)5-4-6-27(28)39-3/h4-6,11-14,20,23,33-34H,7-10,15-16H2,1-3H3/b24-17+,33-14?/t20-,23-. The predicted octanol–water partition coefficient (Wildman–Crippen LogP) is 5.50. The molecule has 1 amide bonds. The summed E-state index contributed by atoms with van der Waals surface area (Å²) in [5, 5.41) is 11.4. The molecule has 0 bridgehead atoms.